The van der Waals surface area contributed by atoms with Gasteiger partial charge in [-0.1, -0.05) is 22.0 Å². The van der Waals surface area contributed by atoms with Gasteiger partial charge in [-0.2, -0.15) is 0 Å². The van der Waals surface area contributed by atoms with Crippen molar-refractivity contribution in [3.05, 3.63) is 28.2 Å². The van der Waals surface area contributed by atoms with E-state index >= 15 is 0 Å². The molecule has 0 atom stereocenters. The lowest BCUT2D eigenvalue weighted by Crippen LogP contribution is -2.30. The third-order valence-electron chi connectivity index (χ3n) is 2.79. The number of amides is 1. The highest BCUT2D eigenvalue weighted by Crippen LogP contribution is 2.27. The van der Waals surface area contributed by atoms with Crippen molar-refractivity contribution < 1.29 is 9.53 Å². The van der Waals surface area contributed by atoms with Gasteiger partial charge < -0.3 is 10.1 Å². The first-order valence-corrected chi connectivity index (χ1v) is 6.60. The number of rotatable bonds is 5. The molecule has 0 bridgehead atoms. The molecule has 1 amide bonds. The maximum atomic E-state index is 11.5. The minimum atomic E-state index is -0.0451. The molecule has 0 radical (unpaired) electrons. The molecule has 1 fully saturated rings. The van der Waals surface area contributed by atoms with E-state index < -0.39 is 0 Å². The van der Waals surface area contributed by atoms with Crippen LogP contribution in [0.3, 0.4) is 0 Å². The van der Waals surface area contributed by atoms with E-state index in [4.69, 9.17) is 4.74 Å². The normalized spacial score (nSPS) is 14.5. The van der Waals surface area contributed by atoms with E-state index in [1.807, 2.05) is 25.1 Å². The van der Waals surface area contributed by atoms with E-state index in [0.717, 1.165) is 22.3 Å². The number of carbonyl (C=O) groups excluding carboxylic acids is 1. The van der Waals surface area contributed by atoms with Crippen molar-refractivity contribution >= 4 is 21.8 Å². The highest BCUT2D eigenvalue weighted by Gasteiger charge is 2.21. The summed E-state index contributed by atoms with van der Waals surface area (Å²) in [6, 6.07) is 5.79. The number of hydrogen-bond acceptors (Lipinski definition) is 2. The Balaban J connectivity index is 1.79. The number of benzene rings is 1. The molecule has 92 valence electrons. The summed E-state index contributed by atoms with van der Waals surface area (Å²) < 4.78 is 6.45. The first-order valence-electron chi connectivity index (χ1n) is 5.81. The van der Waals surface area contributed by atoms with Gasteiger partial charge in [-0.15, -0.1) is 0 Å². The van der Waals surface area contributed by atoms with Crippen LogP contribution in [0.25, 0.3) is 0 Å². The molecule has 0 unspecified atom stereocenters. The van der Waals surface area contributed by atoms with E-state index in [0.29, 0.717) is 5.92 Å². The zero-order valence-electron chi connectivity index (χ0n) is 9.83. The van der Waals surface area contributed by atoms with Crippen molar-refractivity contribution in [3.63, 3.8) is 0 Å². The third kappa shape index (κ3) is 4.04. The van der Waals surface area contributed by atoms with Gasteiger partial charge >= 0.3 is 0 Å². The average molecular weight is 298 g/mol. The predicted octanol–water partition coefficient (Wildman–Crippen LogP) is 2.66. The van der Waals surface area contributed by atoms with Gasteiger partial charge in [-0.3, -0.25) is 4.79 Å². The molecular weight excluding hydrogens is 282 g/mol. The summed E-state index contributed by atoms with van der Waals surface area (Å²) in [5.41, 5.74) is 1.03. The molecule has 0 spiro atoms. The molecule has 0 aromatic heterocycles. The summed E-state index contributed by atoms with van der Waals surface area (Å²) in [5.74, 6) is 1.41. The predicted molar refractivity (Wildman–Crippen MR) is 70.1 cm³/mol. The van der Waals surface area contributed by atoms with Gasteiger partial charge in [0, 0.05) is 11.0 Å². The fourth-order valence-electron chi connectivity index (χ4n) is 1.50. The Morgan fingerprint density at radius 3 is 3.00 bits per heavy atom. The Morgan fingerprint density at radius 1 is 1.53 bits per heavy atom. The first kappa shape index (κ1) is 12.4. The largest absolute Gasteiger partial charge is 0.483 e. The van der Waals surface area contributed by atoms with Gasteiger partial charge in [0.1, 0.15) is 5.75 Å². The molecule has 1 aliphatic carbocycles. The molecule has 1 saturated carbocycles. The zero-order chi connectivity index (χ0) is 12.3. The van der Waals surface area contributed by atoms with E-state index in [9.17, 15) is 4.79 Å². The molecule has 1 aromatic rings. The maximum Gasteiger partial charge on any atom is 0.257 e. The Bertz CT molecular complexity index is 416. The molecular formula is C13H16BrNO2. The smallest absolute Gasteiger partial charge is 0.257 e. The molecule has 0 heterocycles. The number of hydrogen-bond donors (Lipinski definition) is 1. The van der Waals surface area contributed by atoms with Gasteiger partial charge in [0.2, 0.25) is 0 Å². The average Bonchev–Trinajstić information content (AvgIpc) is 3.11. The van der Waals surface area contributed by atoms with Crippen molar-refractivity contribution in [2.75, 3.05) is 13.2 Å². The van der Waals surface area contributed by atoms with Crippen molar-refractivity contribution in [2.24, 2.45) is 5.92 Å². The lowest BCUT2D eigenvalue weighted by molar-refractivity contribution is -0.123. The summed E-state index contributed by atoms with van der Waals surface area (Å²) in [4.78, 5) is 11.5. The number of nitrogens with one attached hydrogen (secondary N) is 1. The topological polar surface area (TPSA) is 38.3 Å². The van der Waals surface area contributed by atoms with Crippen LogP contribution < -0.4 is 10.1 Å². The van der Waals surface area contributed by atoms with Crippen LogP contribution in [0.2, 0.25) is 0 Å². The lowest BCUT2D eigenvalue weighted by Gasteiger charge is -2.09. The second-order valence-electron chi connectivity index (χ2n) is 4.45. The number of ether oxygens (including phenoxy) is 1. The SMILES string of the molecule is Cc1ccc(Br)cc1OCC(=O)NCC1CC1. The minimum Gasteiger partial charge on any atom is -0.483 e. The van der Waals surface area contributed by atoms with Gasteiger partial charge in [-0.25, -0.2) is 0 Å². The quantitative estimate of drug-likeness (QED) is 0.907. The lowest BCUT2D eigenvalue weighted by atomic mass is 10.2. The second kappa shape index (κ2) is 5.54. The molecule has 1 aliphatic rings. The molecule has 4 heteroatoms. The molecule has 0 aliphatic heterocycles. The summed E-state index contributed by atoms with van der Waals surface area (Å²) in [6.45, 7) is 2.84. The van der Waals surface area contributed by atoms with Crippen LogP contribution in [0.15, 0.2) is 22.7 Å². The van der Waals surface area contributed by atoms with Crippen LogP contribution in [0, 0.1) is 12.8 Å². The van der Waals surface area contributed by atoms with Crippen molar-refractivity contribution in [2.45, 2.75) is 19.8 Å². The second-order valence-corrected chi connectivity index (χ2v) is 5.36. The molecule has 2 rings (SSSR count). The molecule has 1 N–H and O–H groups in total. The number of carbonyl (C=O) groups is 1. The van der Waals surface area contributed by atoms with Crippen LogP contribution in [0.4, 0.5) is 0 Å². The van der Waals surface area contributed by atoms with Crippen molar-refractivity contribution in [3.8, 4) is 5.75 Å². The summed E-state index contributed by atoms with van der Waals surface area (Å²) in [7, 11) is 0. The summed E-state index contributed by atoms with van der Waals surface area (Å²) in [6.07, 6.45) is 2.48. The highest BCUT2D eigenvalue weighted by molar-refractivity contribution is 9.10. The third-order valence-corrected chi connectivity index (χ3v) is 3.29. The van der Waals surface area contributed by atoms with Crippen LogP contribution in [0.5, 0.6) is 5.75 Å². The molecule has 17 heavy (non-hydrogen) atoms. The van der Waals surface area contributed by atoms with Crippen LogP contribution in [-0.4, -0.2) is 19.1 Å². The van der Waals surface area contributed by atoms with E-state index in [1.54, 1.807) is 0 Å². The van der Waals surface area contributed by atoms with Gasteiger partial charge in [0.25, 0.3) is 5.91 Å². The van der Waals surface area contributed by atoms with Gasteiger partial charge in [0.15, 0.2) is 6.61 Å². The molecule has 3 nitrogen and oxygen atoms in total. The van der Waals surface area contributed by atoms with Gasteiger partial charge in [0.05, 0.1) is 0 Å². The Labute approximate surface area is 110 Å². The summed E-state index contributed by atoms with van der Waals surface area (Å²) >= 11 is 3.38. The summed E-state index contributed by atoms with van der Waals surface area (Å²) in [5, 5.41) is 2.87. The minimum absolute atomic E-state index is 0.0451. The van der Waals surface area contributed by atoms with E-state index in [1.165, 1.54) is 12.8 Å². The zero-order valence-corrected chi connectivity index (χ0v) is 11.4. The number of aryl methyl sites for hydroxylation is 1. The fourth-order valence-corrected chi connectivity index (χ4v) is 1.84. The van der Waals surface area contributed by atoms with Crippen LogP contribution in [-0.2, 0) is 4.79 Å². The highest BCUT2D eigenvalue weighted by atomic mass is 79.9. The van der Waals surface area contributed by atoms with E-state index in [-0.39, 0.29) is 12.5 Å². The monoisotopic (exact) mass is 297 g/mol. The van der Waals surface area contributed by atoms with Crippen molar-refractivity contribution in [1.82, 2.24) is 5.32 Å². The first-order chi connectivity index (χ1) is 8.15. The standard InChI is InChI=1S/C13H16BrNO2/c1-9-2-5-11(14)6-12(9)17-8-13(16)15-7-10-3-4-10/h2,5-6,10H,3-4,7-8H2,1H3,(H,15,16). The Hall–Kier alpha value is -1.03. The van der Waals surface area contributed by atoms with Crippen LogP contribution in [0.1, 0.15) is 18.4 Å². The maximum absolute atomic E-state index is 11.5. The van der Waals surface area contributed by atoms with Gasteiger partial charge in [-0.05, 0) is 43.4 Å². The Kier molecular flexibility index (Phi) is 4.05. The number of halogens is 1. The van der Waals surface area contributed by atoms with E-state index in [2.05, 4.69) is 21.2 Å². The van der Waals surface area contributed by atoms with Crippen molar-refractivity contribution in [1.29, 1.82) is 0 Å². The molecule has 0 saturated heterocycles. The van der Waals surface area contributed by atoms with Crippen LogP contribution >= 0.6 is 15.9 Å². The molecule has 1 aromatic carbocycles. The Morgan fingerprint density at radius 2 is 2.29 bits per heavy atom. The fraction of sp³-hybridized carbons (Fsp3) is 0.462.